The van der Waals surface area contributed by atoms with E-state index in [0.29, 0.717) is 6.04 Å². The van der Waals surface area contributed by atoms with Crippen LogP contribution < -0.4 is 5.32 Å². The Labute approximate surface area is 122 Å². The number of hydrogen-bond acceptors (Lipinski definition) is 3. The molecule has 0 spiro atoms. The summed E-state index contributed by atoms with van der Waals surface area (Å²) in [5.74, 6) is 0.755. The summed E-state index contributed by atoms with van der Waals surface area (Å²) < 4.78 is 0. The third-order valence-electron chi connectivity index (χ3n) is 4.10. The Morgan fingerprint density at radius 2 is 2.30 bits per heavy atom. The Balaban J connectivity index is 1.76. The Morgan fingerprint density at radius 3 is 3.05 bits per heavy atom. The van der Waals surface area contributed by atoms with Crippen LogP contribution in [-0.2, 0) is 6.54 Å². The van der Waals surface area contributed by atoms with Crippen LogP contribution in [0.2, 0.25) is 0 Å². The van der Waals surface area contributed by atoms with Crippen molar-refractivity contribution in [1.29, 1.82) is 5.26 Å². The first-order valence-corrected chi connectivity index (χ1v) is 7.63. The van der Waals surface area contributed by atoms with E-state index in [1.807, 2.05) is 18.2 Å². The van der Waals surface area contributed by atoms with E-state index in [2.05, 4.69) is 36.2 Å². The molecular formula is C17H25N3. The van der Waals surface area contributed by atoms with E-state index >= 15 is 0 Å². The third kappa shape index (κ3) is 4.33. The van der Waals surface area contributed by atoms with Crippen LogP contribution in [0.4, 0.5) is 0 Å². The molecule has 3 heteroatoms. The first kappa shape index (κ1) is 15.0. The molecule has 0 bridgehead atoms. The van der Waals surface area contributed by atoms with Gasteiger partial charge in [0.15, 0.2) is 0 Å². The molecule has 1 aliphatic rings. The molecule has 1 aromatic carbocycles. The Kier molecular flexibility index (Phi) is 5.58. The van der Waals surface area contributed by atoms with Gasteiger partial charge in [-0.15, -0.1) is 0 Å². The third-order valence-corrected chi connectivity index (χ3v) is 4.10. The second-order valence-corrected chi connectivity index (χ2v) is 6.04. The van der Waals surface area contributed by atoms with Gasteiger partial charge in [0.2, 0.25) is 0 Å². The molecule has 1 atom stereocenters. The van der Waals surface area contributed by atoms with Crippen LogP contribution in [0.3, 0.4) is 0 Å². The molecule has 1 saturated heterocycles. The van der Waals surface area contributed by atoms with Crippen molar-refractivity contribution in [2.24, 2.45) is 5.92 Å². The zero-order valence-electron chi connectivity index (χ0n) is 12.6. The molecule has 20 heavy (non-hydrogen) atoms. The van der Waals surface area contributed by atoms with E-state index in [4.69, 9.17) is 5.26 Å². The van der Waals surface area contributed by atoms with Crippen LogP contribution >= 0.6 is 0 Å². The number of hydrogen-bond donors (Lipinski definition) is 1. The van der Waals surface area contributed by atoms with E-state index < -0.39 is 0 Å². The van der Waals surface area contributed by atoms with Crippen molar-refractivity contribution in [3.05, 3.63) is 35.4 Å². The number of nitriles is 1. The molecule has 0 radical (unpaired) electrons. The molecular weight excluding hydrogens is 246 g/mol. The second-order valence-electron chi connectivity index (χ2n) is 6.04. The minimum atomic E-state index is 0.658. The van der Waals surface area contributed by atoms with Crippen LogP contribution in [0.25, 0.3) is 0 Å². The summed E-state index contributed by atoms with van der Waals surface area (Å²) in [6.45, 7) is 8.95. The minimum Gasteiger partial charge on any atom is -0.312 e. The summed E-state index contributed by atoms with van der Waals surface area (Å²) in [7, 11) is 0. The first-order chi connectivity index (χ1) is 9.69. The summed E-state index contributed by atoms with van der Waals surface area (Å²) in [5.41, 5.74) is 1.94. The molecule has 1 aliphatic heterocycles. The smallest absolute Gasteiger partial charge is 0.0991 e. The topological polar surface area (TPSA) is 39.1 Å². The largest absolute Gasteiger partial charge is 0.312 e. The quantitative estimate of drug-likeness (QED) is 0.895. The van der Waals surface area contributed by atoms with Crippen molar-refractivity contribution in [2.75, 3.05) is 19.6 Å². The van der Waals surface area contributed by atoms with Gasteiger partial charge in [-0.2, -0.15) is 5.26 Å². The van der Waals surface area contributed by atoms with Gasteiger partial charge in [0.05, 0.1) is 11.6 Å². The van der Waals surface area contributed by atoms with Crippen molar-refractivity contribution in [3.8, 4) is 6.07 Å². The SMILES string of the molecule is CC(C)N1CCCC(CNCc2cccc(C#N)c2)C1. The predicted octanol–water partition coefficient (Wildman–Crippen LogP) is 2.77. The summed E-state index contributed by atoms with van der Waals surface area (Å²) in [6.07, 6.45) is 2.64. The van der Waals surface area contributed by atoms with Gasteiger partial charge in [0.1, 0.15) is 0 Å². The molecule has 3 nitrogen and oxygen atoms in total. The number of rotatable bonds is 5. The second kappa shape index (κ2) is 7.42. The average Bonchev–Trinajstić information content (AvgIpc) is 2.48. The van der Waals surface area contributed by atoms with Gasteiger partial charge in [-0.1, -0.05) is 12.1 Å². The van der Waals surface area contributed by atoms with Crippen LogP contribution in [0.5, 0.6) is 0 Å². The lowest BCUT2D eigenvalue weighted by molar-refractivity contribution is 0.138. The van der Waals surface area contributed by atoms with Crippen LogP contribution in [0.1, 0.15) is 37.8 Å². The van der Waals surface area contributed by atoms with E-state index in [1.165, 1.54) is 31.5 Å². The number of nitrogens with zero attached hydrogens (tertiary/aromatic N) is 2. The van der Waals surface area contributed by atoms with Crippen LogP contribution in [0, 0.1) is 17.2 Å². The number of piperidine rings is 1. The molecule has 0 aliphatic carbocycles. The lowest BCUT2D eigenvalue weighted by atomic mass is 9.97. The van der Waals surface area contributed by atoms with Gasteiger partial charge in [-0.05, 0) is 63.4 Å². The lowest BCUT2D eigenvalue weighted by Gasteiger charge is -2.35. The fourth-order valence-electron chi connectivity index (χ4n) is 2.90. The summed E-state index contributed by atoms with van der Waals surface area (Å²) in [6, 6.07) is 10.7. The normalized spacial score (nSPS) is 20.0. The van der Waals surface area contributed by atoms with Crippen molar-refractivity contribution in [3.63, 3.8) is 0 Å². The molecule has 1 heterocycles. The van der Waals surface area contributed by atoms with Crippen LogP contribution in [-0.4, -0.2) is 30.6 Å². The maximum atomic E-state index is 8.90. The Hall–Kier alpha value is -1.37. The van der Waals surface area contributed by atoms with Crippen molar-refractivity contribution in [1.82, 2.24) is 10.2 Å². The first-order valence-electron chi connectivity index (χ1n) is 7.63. The summed E-state index contributed by atoms with van der Waals surface area (Å²) >= 11 is 0. The maximum Gasteiger partial charge on any atom is 0.0991 e. The Morgan fingerprint density at radius 1 is 1.45 bits per heavy atom. The molecule has 0 amide bonds. The highest BCUT2D eigenvalue weighted by atomic mass is 15.2. The maximum absolute atomic E-state index is 8.90. The van der Waals surface area contributed by atoms with Gasteiger partial charge in [-0.3, -0.25) is 0 Å². The highest BCUT2D eigenvalue weighted by molar-refractivity contribution is 5.32. The Bertz CT molecular complexity index is 462. The van der Waals surface area contributed by atoms with Gasteiger partial charge in [0.25, 0.3) is 0 Å². The van der Waals surface area contributed by atoms with Crippen molar-refractivity contribution >= 4 is 0 Å². The van der Waals surface area contributed by atoms with Crippen LogP contribution in [0.15, 0.2) is 24.3 Å². The predicted molar refractivity (Wildman–Crippen MR) is 82.3 cm³/mol. The van der Waals surface area contributed by atoms with Gasteiger partial charge < -0.3 is 10.2 Å². The molecule has 1 aromatic rings. The zero-order valence-corrected chi connectivity index (χ0v) is 12.6. The number of benzene rings is 1. The molecule has 1 unspecified atom stereocenters. The standard InChI is InChI=1S/C17H25N3/c1-14(2)20-8-4-7-17(13-20)12-19-11-16-6-3-5-15(9-16)10-18/h3,5-6,9,14,17,19H,4,7-8,11-13H2,1-2H3. The van der Waals surface area contributed by atoms with Crippen molar-refractivity contribution < 1.29 is 0 Å². The summed E-state index contributed by atoms with van der Waals surface area (Å²) in [5, 5.41) is 12.4. The van der Waals surface area contributed by atoms with Gasteiger partial charge >= 0.3 is 0 Å². The molecule has 0 saturated carbocycles. The molecule has 0 aromatic heterocycles. The van der Waals surface area contributed by atoms with E-state index in [-0.39, 0.29) is 0 Å². The number of nitrogens with one attached hydrogen (secondary N) is 1. The van der Waals surface area contributed by atoms with Gasteiger partial charge in [-0.25, -0.2) is 0 Å². The van der Waals surface area contributed by atoms with E-state index in [0.717, 1.165) is 24.6 Å². The molecule has 2 rings (SSSR count). The van der Waals surface area contributed by atoms with E-state index in [1.54, 1.807) is 0 Å². The fourth-order valence-corrected chi connectivity index (χ4v) is 2.90. The zero-order chi connectivity index (χ0) is 14.4. The minimum absolute atomic E-state index is 0.658. The molecule has 1 fully saturated rings. The van der Waals surface area contributed by atoms with E-state index in [9.17, 15) is 0 Å². The molecule has 1 N–H and O–H groups in total. The highest BCUT2D eigenvalue weighted by Gasteiger charge is 2.20. The summed E-state index contributed by atoms with van der Waals surface area (Å²) in [4.78, 5) is 2.58. The average molecular weight is 271 g/mol. The number of likely N-dealkylation sites (tertiary alicyclic amines) is 1. The monoisotopic (exact) mass is 271 g/mol. The van der Waals surface area contributed by atoms with Crippen molar-refractivity contribution in [2.45, 2.75) is 39.3 Å². The lowest BCUT2D eigenvalue weighted by Crippen LogP contribution is -2.42. The molecule has 108 valence electrons. The fraction of sp³-hybridized carbons (Fsp3) is 0.588. The van der Waals surface area contributed by atoms with Gasteiger partial charge in [0, 0.05) is 19.1 Å². The highest BCUT2D eigenvalue weighted by Crippen LogP contribution is 2.17.